The summed E-state index contributed by atoms with van der Waals surface area (Å²) in [6.45, 7) is 5.38. The monoisotopic (exact) mass is 298 g/mol. The molecule has 0 bridgehead atoms. The molecule has 20 heavy (non-hydrogen) atoms. The summed E-state index contributed by atoms with van der Waals surface area (Å²) in [5.74, 6) is 1.62. The second-order valence-electron chi connectivity index (χ2n) is 5.99. The van der Waals surface area contributed by atoms with Gasteiger partial charge in [0.05, 0.1) is 11.9 Å². The highest BCUT2D eigenvalue weighted by Crippen LogP contribution is 2.27. The molecule has 6 heteroatoms. The van der Waals surface area contributed by atoms with Crippen molar-refractivity contribution in [3.05, 3.63) is 5.82 Å². The molecule has 2 heterocycles. The number of fused-ring (bicyclic) bond motifs is 1. The van der Waals surface area contributed by atoms with Crippen molar-refractivity contribution in [2.45, 2.75) is 68.9 Å². The number of hydrogen-bond donors (Lipinski definition) is 2. The Bertz CT molecular complexity index is 421. The van der Waals surface area contributed by atoms with Gasteiger partial charge in [0, 0.05) is 19.0 Å². The Morgan fingerprint density at radius 2 is 2.10 bits per heavy atom. The van der Waals surface area contributed by atoms with E-state index < -0.39 is 0 Å². The minimum atomic E-state index is -0.0104. The maximum atomic E-state index is 9.61. The van der Waals surface area contributed by atoms with E-state index in [0.29, 0.717) is 5.92 Å². The van der Waals surface area contributed by atoms with Crippen LogP contribution < -0.4 is 5.73 Å². The Morgan fingerprint density at radius 1 is 1.30 bits per heavy atom. The Labute approximate surface area is 125 Å². The Morgan fingerprint density at radius 3 is 2.80 bits per heavy atom. The molecule has 0 fully saturated rings. The third-order valence-corrected chi connectivity index (χ3v) is 5.05. The molecule has 0 saturated heterocycles. The Hall–Kier alpha value is -0.590. The van der Waals surface area contributed by atoms with E-state index in [4.69, 9.17) is 5.73 Å². The fraction of sp³-hybridized carbons (Fsp3) is 0.857. The van der Waals surface area contributed by atoms with Crippen molar-refractivity contribution in [2.24, 2.45) is 11.7 Å². The second-order valence-corrected chi connectivity index (χ2v) is 7.20. The molecule has 3 N–H and O–H groups in total. The highest BCUT2D eigenvalue weighted by atomic mass is 32.2. The summed E-state index contributed by atoms with van der Waals surface area (Å²) in [7, 11) is 0. The predicted octanol–water partition coefficient (Wildman–Crippen LogP) is 1.83. The summed E-state index contributed by atoms with van der Waals surface area (Å²) in [6.07, 6.45) is 5.55. The molecule has 2 rings (SSSR count). The van der Waals surface area contributed by atoms with Gasteiger partial charge in [-0.1, -0.05) is 32.0 Å². The molecule has 1 aromatic heterocycles. The minimum Gasteiger partial charge on any atom is -0.395 e. The molecule has 0 spiro atoms. The molecular formula is C14H26N4OS. The van der Waals surface area contributed by atoms with Crippen molar-refractivity contribution in [1.82, 2.24) is 14.8 Å². The van der Waals surface area contributed by atoms with Gasteiger partial charge in [-0.25, -0.2) is 0 Å². The molecule has 114 valence electrons. The first-order valence-corrected chi connectivity index (χ1v) is 8.45. The van der Waals surface area contributed by atoms with Crippen molar-refractivity contribution in [3.63, 3.8) is 0 Å². The number of aliphatic hydroxyl groups is 1. The Balaban J connectivity index is 2.06. The van der Waals surface area contributed by atoms with Gasteiger partial charge in [-0.3, -0.25) is 0 Å². The van der Waals surface area contributed by atoms with E-state index in [2.05, 4.69) is 28.6 Å². The van der Waals surface area contributed by atoms with Crippen LogP contribution >= 0.6 is 11.8 Å². The van der Waals surface area contributed by atoms with Gasteiger partial charge in [0.25, 0.3) is 0 Å². The van der Waals surface area contributed by atoms with Crippen LogP contribution in [0.25, 0.3) is 0 Å². The highest BCUT2D eigenvalue weighted by molar-refractivity contribution is 7.99. The lowest BCUT2D eigenvalue weighted by Crippen LogP contribution is -2.36. The fourth-order valence-corrected chi connectivity index (χ4v) is 3.68. The maximum absolute atomic E-state index is 9.61. The predicted molar refractivity (Wildman–Crippen MR) is 81.7 cm³/mol. The third kappa shape index (κ3) is 3.96. The third-order valence-electron chi connectivity index (χ3n) is 3.73. The quantitative estimate of drug-likeness (QED) is 0.784. The highest BCUT2D eigenvalue weighted by Gasteiger charge is 2.23. The van der Waals surface area contributed by atoms with Crippen LogP contribution in [0.1, 0.15) is 45.4 Å². The van der Waals surface area contributed by atoms with Gasteiger partial charge in [0.1, 0.15) is 5.82 Å². The first kappa shape index (κ1) is 15.8. The van der Waals surface area contributed by atoms with Gasteiger partial charge in [0.15, 0.2) is 5.16 Å². The molecule has 0 aromatic carbocycles. The van der Waals surface area contributed by atoms with Gasteiger partial charge >= 0.3 is 0 Å². The van der Waals surface area contributed by atoms with Crippen molar-refractivity contribution in [1.29, 1.82) is 0 Å². The Kier molecular flexibility index (Phi) is 5.86. The summed E-state index contributed by atoms with van der Waals surface area (Å²) in [6, 6.07) is -0.0104. The van der Waals surface area contributed by atoms with Crippen molar-refractivity contribution < 1.29 is 5.11 Å². The summed E-state index contributed by atoms with van der Waals surface area (Å²) < 4.78 is 2.21. The molecular weight excluding hydrogens is 272 g/mol. The smallest absolute Gasteiger partial charge is 0.191 e. The molecule has 0 saturated carbocycles. The van der Waals surface area contributed by atoms with Gasteiger partial charge in [-0.05, 0) is 25.2 Å². The lowest BCUT2D eigenvalue weighted by Gasteiger charge is -2.22. The van der Waals surface area contributed by atoms with Crippen LogP contribution in [-0.2, 0) is 13.0 Å². The SMILES string of the molecule is CC(C)CC(N)C(CO)Sc1nnc2n1CCCCC2. The fourth-order valence-electron chi connectivity index (χ4n) is 2.64. The summed E-state index contributed by atoms with van der Waals surface area (Å²) in [5, 5.41) is 19.1. The molecule has 1 aromatic rings. The summed E-state index contributed by atoms with van der Waals surface area (Å²) in [4.78, 5) is 0. The summed E-state index contributed by atoms with van der Waals surface area (Å²) >= 11 is 1.58. The zero-order chi connectivity index (χ0) is 14.5. The lowest BCUT2D eigenvalue weighted by molar-refractivity contribution is 0.274. The van der Waals surface area contributed by atoms with E-state index in [1.807, 2.05) is 0 Å². The van der Waals surface area contributed by atoms with E-state index in [9.17, 15) is 5.11 Å². The first-order chi connectivity index (χ1) is 9.61. The van der Waals surface area contributed by atoms with Crippen LogP contribution in [0.4, 0.5) is 0 Å². The van der Waals surface area contributed by atoms with E-state index >= 15 is 0 Å². The van der Waals surface area contributed by atoms with E-state index in [-0.39, 0.29) is 17.9 Å². The van der Waals surface area contributed by atoms with Crippen LogP contribution in [0.5, 0.6) is 0 Å². The number of thioether (sulfide) groups is 1. The average molecular weight is 298 g/mol. The van der Waals surface area contributed by atoms with E-state index in [1.165, 1.54) is 19.3 Å². The molecule has 1 aliphatic rings. The molecule has 0 radical (unpaired) electrons. The van der Waals surface area contributed by atoms with Crippen molar-refractivity contribution >= 4 is 11.8 Å². The topological polar surface area (TPSA) is 77.0 Å². The molecule has 0 amide bonds. The van der Waals surface area contributed by atoms with Gasteiger partial charge in [0.2, 0.25) is 0 Å². The van der Waals surface area contributed by atoms with Gasteiger partial charge < -0.3 is 15.4 Å². The molecule has 5 nitrogen and oxygen atoms in total. The maximum Gasteiger partial charge on any atom is 0.191 e. The first-order valence-electron chi connectivity index (χ1n) is 7.57. The number of nitrogens with zero attached hydrogens (tertiary/aromatic N) is 3. The zero-order valence-corrected chi connectivity index (χ0v) is 13.3. The average Bonchev–Trinajstić information content (AvgIpc) is 2.62. The molecule has 1 aliphatic heterocycles. The molecule has 0 aliphatic carbocycles. The van der Waals surface area contributed by atoms with Crippen LogP contribution in [0.15, 0.2) is 5.16 Å². The van der Waals surface area contributed by atoms with Crippen LogP contribution in [0, 0.1) is 5.92 Å². The van der Waals surface area contributed by atoms with Crippen LogP contribution in [0.3, 0.4) is 0 Å². The van der Waals surface area contributed by atoms with E-state index in [1.54, 1.807) is 11.8 Å². The number of aliphatic hydroxyl groups excluding tert-OH is 1. The van der Waals surface area contributed by atoms with E-state index in [0.717, 1.165) is 30.4 Å². The second kappa shape index (κ2) is 7.43. The number of rotatable bonds is 6. The summed E-state index contributed by atoms with van der Waals surface area (Å²) in [5.41, 5.74) is 6.21. The zero-order valence-electron chi connectivity index (χ0n) is 12.5. The van der Waals surface area contributed by atoms with Crippen molar-refractivity contribution in [3.8, 4) is 0 Å². The standard InChI is InChI=1S/C14H26N4OS/c1-10(2)8-11(15)12(9-19)20-14-17-16-13-6-4-3-5-7-18(13)14/h10-12,19H,3-9,15H2,1-2H3. The number of aryl methyl sites for hydroxylation is 1. The van der Waals surface area contributed by atoms with Gasteiger partial charge in [-0.15, -0.1) is 10.2 Å². The van der Waals surface area contributed by atoms with Crippen LogP contribution in [-0.4, -0.2) is 37.8 Å². The molecule has 2 atom stereocenters. The number of nitrogens with two attached hydrogens (primary N) is 1. The molecule has 2 unspecified atom stereocenters. The van der Waals surface area contributed by atoms with Gasteiger partial charge in [-0.2, -0.15) is 0 Å². The van der Waals surface area contributed by atoms with Crippen molar-refractivity contribution in [2.75, 3.05) is 6.61 Å². The number of aromatic nitrogens is 3. The van der Waals surface area contributed by atoms with Crippen LogP contribution in [0.2, 0.25) is 0 Å². The lowest BCUT2D eigenvalue weighted by atomic mass is 10.0. The number of hydrogen-bond acceptors (Lipinski definition) is 5. The largest absolute Gasteiger partial charge is 0.395 e. The minimum absolute atomic E-state index is 0.00560. The normalized spacial score (nSPS) is 18.6.